The van der Waals surface area contributed by atoms with Crippen molar-refractivity contribution in [2.45, 2.75) is 26.9 Å². The van der Waals surface area contributed by atoms with Crippen molar-refractivity contribution in [2.75, 3.05) is 0 Å². The molecule has 2 rings (SSSR count). The van der Waals surface area contributed by atoms with E-state index in [9.17, 15) is 4.79 Å². The highest BCUT2D eigenvalue weighted by molar-refractivity contribution is 7.14. The van der Waals surface area contributed by atoms with Crippen molar-refractivity contribution in [1.82, 2.24) is 9.78 Å². The summed E-state index contributed by atoms with van der Waals surface area (Å²) in [7, 11) is 1.84. The van der Waals surface area contributed by atoms with Crippen LogP contribution in [0.5, 0.6) is 5.75 Å². The van der Waals surface area contributed by atoms with Crippen LogP contribution in [-0.4, -0.2) is 20.9 Å². The Balaban J connectivity index is 2.17. The van der Waals surface area contributed by atoms with Crippen LogP contribution in [0.4, 0.5) is 0 Å². The van der Waals surface area contributed by atoms with Crippen LogP contribution >= 0.6 is 11.3 Å². The molecule has 2 aromatic rings. The van der Waals surface area contributed by atoms with Gasteiger partial charge in [-0.1, -0.05) is 6.92 Å². The van der Waals surface area contributed by atoms with Crippen molar-refractivity contribution in [3.63, 3.8) is 0 Å². The van der Waals surface area contributed by atoms with Crippen LogP contribution in [0.3, 0.4) is 0 Å². The number of aromatic carboxylic acids is 1. The topological polar surface area (TPSA) is 64.4 Å². The Morgan fingerprint density at radius 1 is 1.53 bits per heavy atom. The fraction of sp³-hybridized carbons (Fsp3) is 0.385. The summed E-state index contributed by atoms with van der Waals surface area (Å²) >= 11 is 1.27. The van der Waals surface area contributed by atoms with Gasteiger partial charge in [0, 0.05) is 11.9 Å². The van der Waals surface area contributed by atoms with E-state index in [1.54, 1.807) is 10.7 Å². The van der Waals surface area contributed by atoms with E-state index >= 15 is 0 Å². The van der Waals surface area contributed by atoms with Gasteiger partial charge in [-0.05, 0) is 25.5 Å². The highest BCUT2D eigenvalue weighted by Crippen LogP contribution is 2.30. The number of thiophene rings is 1. The fourth-order valence-electron chi connectivity index (χ4n) is 1.80. The number of carbonyl (C=O) groups is 1. The van der Waals surface area contributed by atoms with Crippen LogP contribution in [0.25, 0.3) is 0 Å². The molecule has 5 nitrogen and oxygen atoms in total. The molecule has 0 saturated carbocycles. The molecule has 0 radical (unpaired) electrons. The lowest BCUT2D eigenvalue weighted by atomic mass is 10.3. The first-order valence-corrected chi connectivity index (χ1v) is 6.81. The maximum absolute atomic E-state index is 11.1. The predicted molar refractivity (Wildman–Crippen MR) is 72.9 cm³/mol. The third kappa shape index (κ3) is 2.96. The number of rotatable bonds is 5. The molecule has 0 atom stereocenters. The Hall–Kier alpha value is -1.82. The number of carboxylic acid groups (broad SMARTS) is 1. The van der Waals surface area contributed by atoms with E-state index in [4.69, 9.17) is 9.84 Å². The van der Waals surface area contributed by atoms with Gasteiger partial charge in [-0.15, -0.1) is 11.3 Å². The first-order chi connectivity index (χ1) is 9.01. The van der Waals surface area contributed by atoms with E-state index in [0.717, 1.165) is 22.7 Å². The summed E-state index contributed by atoms with van der Waals surface area (Å²) in [5.41, 5.74) is 1.83. The molecule has 0 aliphatic rings. The molecule has 0 amide bonds. The molecule has 0 spiro atoms. The van der Waals surface area contributed by atoms with E-state index in [1.165, 1.54) is 11.3 Å². The second-order valence-corrected chi connectivity index (χ2v) is 5.39. The molecule has 0 fully saturated rings. The molecule has 102 valence electrons. The molecule has 0 bridgehead atoms. The zero-order valence-corrected chi connectivity index (χ0v) is 12.0. The molecule has 2 heterocycles. The zero-order chi connectivity index (χ0) is 14.0. The average molecular weight is 280 g/mol. The number of nitrogens with zero attached hydrogens (tertiary/aromatic N) is 2. The molecule has 0 aliphatic carbocycles. The van der Waals surface area contributed by atoms with Crippen molar-refractivity contribution in [3.8, 4) is 5.75 Å². The third-order valence-corrected chi connectivity index (χ3v) is 4.01. The molecule has 6 heteroatoms. The predicted octanol–water partition coefficient (Wildman–Crippen LogP) is 2.63. The normalized spacial score (nSPS) is 10.7. The Morgan fingerprint density at radius 3 is 2.79 bits per heavy atom. The monoisotopic (exact) mass is 280 g/mol. The Bertz CT molecular complexity index is 601. The molecule has 0 aromatic carbocycles. The zero-order valence-electron chi connectivity index (χ0n) is 11.1. The van der Waals surface area contributed by atoms with E-state index in [2.05, 4.69) is 5.10 Å². The van der Waals surface area contributed by atoms with Crippen LogP contribution < -0.4 is 4.74 Å². The van der Waals surface area contributed by atoms with Crippen LogP contribution in [0.1, 0.15) is 32.9 Å². The molecule has 0 unspecified atom stereocenters. The Kier molecular flexibility index (Phi) is 3.90. The summed E-state index contributed by atoms with van der Waals surface area (Å²) < 4.78 is 7.37. The summed E-state index contributed by atoms with van der Waals surface area (Å²) in [4.78, 5) is 12.4. The highest BCUT2D eigenvalue weighted by atomic mass is 32.1. The van der Waals surface area contributed by atoms with Crippen molar-refractivity contribution in [2.24, 2.45) is 7.05 Å². The lowest BCUT2D eigenvalue weighted by Gasteiger charge is -2.05. The van der Waals surface area contributed by atoms with Gasteiger partial charge in [-0.2, -0.15) is 5.10 Å². The van der Waals surface area contributed by atoms with E-state index < -0.39 is 5.97 Å². The lowest BCUT2D eigenvalue weighted by Crippen LogP contribution is -2.04. The average Bonchev–Trinajstić information content (AvgIpc) is 2.90. The Labute approximate surface area is 115 Å². The summed E-state index contributed by atoms with van der Waals surface area (Å²) in [5.74, 6) is -0.505. The van der Waals surface area contributed by atoms with Crippen molar-refractivity contribution in [1.29, 1.82) is 0 Å². The molecule has 2 aromatic heterocycles. The van der Waals surface area contributed by atoms with Crippen molar-refractivity contribution >= 4 is 17.3 Å². The van der Waals surface area contributed by atoms with Gasteiger partial charge in [0.05, 0.1) is 11.4 Å². The van der Waals surface area contributed by atoms with Crippen LogP contribution in [-0.2, 0) is 20.1 Å². The quantitative estimate of drug-likeness (QED) is 0.914. The summed E-state index contributed by atoms with van der Waals surface area (Å²) in [6.45, 7) is 4.22. The van der Waals surface area contributed by atoms with Gasteiger partial charge >= 0.3 is 5.97 Å². The van der Waals surface area contributed by atoms with Gasteiger partial charge < -0.3 is 9.84 Å². The molecular weight excluding hydrogens is 264 g/mol. The standard InChI is InChI=1S/C13H16N2O3S/c1-4-10-6-11(12(19-10)13(16)17)18-7-9-5-8(2)14-15(9)3/h5-6H,4,7H2,1-3H3,(H,16,17). The molecule has 1 N–H and O–H groups in total. The molecule has 0 aliphatic heterocycles. The van der Waals surface area contributed by atoms with Crippen LogP contribution in [0, 0.1) is 6.92 Å². The van der Waals surface area contributed by atoms with Crippen LogP contribution in [0.2, 0.25) is 0 Å². The third-order valence-electron chi connectivity index (χ3n) is 2.77. The number of ether oxygens (including phenoxy) is 1. The van der Waals surface area contributed by atoms with E-state index in [1.807, 2.05) is 27.0 Å². The number of aryl methyl sites for hydroxylation is 3. The minimum atomic E-state index is -0.944. The molecule has 19 heavy (non-hydrogen) atoms. The maximum atomic E-state index is 11.1. The van der Waals surface area contributed by atoms with Crippen molar-refractivity contribution in [3.05, 3.63) is 33.3 Å². The van der Waals surface area contributed by atoms with Gasteiger partial charge in [0.1, 0.15) is 12.4 Å². The largest absolute Gasteiger partial charge is 0.486 e. The molecular formula is C13H16N2O3S. The second-order valence-electron chi connectivity index (χ2n) is 4.25. The smallest absolute Gasteiger partial charge is 0.349 e. The summed E-state index contributed by atoms with van der Waals surface area (Å²) in [5, 5.41) is 13.4. The van der Waals surface area contributed by atoms with E-state index in [0.29, 0.717) is 12.4 Å². The number of hydrogen-bond donors (Lipinski definition) is 1. The number of hydrogen-bond acceptors (Lipinski definition) is 4. The van der Waals surface area contributed by atoms with Gasteiger partial charge in [0.25, 0.3) is 0 Å². The lowest BCUT2D eigenvalue weighted by molar-refractivity contribution is 0.0697. The van der Waals surface area contributed by atoms with Crippen molar-refractivity contribution < 1.29 is 14.6 Å². The number of aromatic nitrogens is 2. The first kappa shape index (κ1) is 13.6. The van der Waals surface area contributed by atoms with Gasteiger partial charge in [0.2, 0.25) is 0 Å². The minimum Gasteiger partial charge on any atom is -0.486 e. The minimum absolute atomic E-state index is 0.260. The van der Waals surface area contributed by atoms with Gasteiger partial charge in [0.15, 0.2) is 4.88 Å². The SMILES string of the molecule is CCc1cc(OCc2cc(C)nn2C)c(C(=O)O)s1. The van der Waals surface area contributed by atoms with E-state index in [-0.39, 0.29) is 4.88 Å². The van der Waals surface area contributed by atoms with Gasteiger partial charge in [-0.25, -0.2) is 4.79 Å². The Morgan fingerprint density at radius 2 is 2.26 bits per heavy atom. The second kappa shape index (κ2) is 5.44. The highest BCUT2D eigenvalue weighted by Gasteiger charge is 2.16. The van der Waals surface area contributed by atoms with Gasteiger partial charge in [-0.3, -0.25) is 4.68 Å². The summed E-state index contributed by atoms with van der Waals surface area (Å²) in [6, 6.07) is 3.73. The van der Waals surface area contributed by atoms with Crippen LogP contribution in [0.15, 0.2) is 12.1 Å². The maximum Gasteiger partial charge on any atom is 0.349 e. The number of carboxylic acids is 1. The fourth-order valence-corrected chi connectivity index (χ4v) is 2.68. The molecule has 0 saturated heterocycles. The first-order valence-electron chi connectivity index (χ1n) is 5.99. The summed E-state index contributed by atoms with van der Waals surface area (Å²) in [6.07, 6.45) is 0.805.